The second kappa shape index (κ2) is 7.41. The molecule has 0 bridgehead atoms. The summed E-state index contributed by atoms with van der Waals surface area (Å²) < 4.78 is 0. The van der Waals surface area contributed by atoms with Crippen molar-refractivity contribution in [3.8, 4) is 0 Å². The van der Waals surface area contributed by atoms with Gasteiger partial charge in [-0.3, -0.25) is 4.90 Å². The van der Waals surface area contributed by atoms with Crippen molar-refractivity contribution < 1.29 is 0 Å². The van der Waals surface area contributed by atoms with E-state index in [0.29, 0.717) is 6.04 Å². The highest BCUT2D eigenvalue weighted by molar-refractivity contribution is 7.18. The van der Waals surface area contributed by atoms with Crippen molar-refractivity contribution in [2.45, 2.75) is 39.7 Å². The van der Waals surface area contributed by atoms with Crippen LogP contribution in [0.3, 0.4) is 0 Å². The third kappa shape index (κ3) is 3.35. The third-order valence-corrected chi connectivity index (χ3v) is 7.70. The summed E-state index contributed by atoms with van der Waals surface area (Å²) in [5, 5.41) is 1.28. The Balaban J connectivity index is 1.44. The number of aryl methyl sites for hydroxylation is 2. The van der Waals surface area contributed by atoms with Crippen molar-refractivity contribution in [3.05, 3.63) is 16.8 Å². The van der Waals surface area contributed by atoms with Crippen LogP contribution >= 0.6 is 11.3 Å². The van der Waals surface area contributed by atoms with Crippen LogP contribution in [0.15, 0.2) is 6.33 Å². The van der Waals surface area contributed by atoms with Gasteiger partial charge in [-0.05, 0) is 52.1 Å². The second-order valence-corrected chi connectivity index (χ2v) is 9.27. The molecule has 0 amide bonds. The molecular formula is C20H31N5S. The Hall–Kier alpha value is -1.24. The molecule has 2 fully saturated rings. The summed E-state index contributed by atoms with van der Waals surface area (Å²) >= 11 is 1.79. The number of hydrogen-bond acceptors (Lipinski definition) is 6. The largest absolute Gasteiger partial charge is 0.356 e. The predicted octanol–water partition coefficient (Wildman–Crippen LogP) is 3.16. The van der Waals surface area contributed by atoms with Gasteiger partial charge in [0.1, 0.15) is 17.0 Å². The number of nitrogens with zero attached hydrogens (tertiary/aromatic N) is 5. The molecule has 0 spiro atoms. The normalized spacial score (nSPS) is 22.2. The van der Waals surface area contributed by atoms with Crippen LogP contribution in [-0.2, 0) is 0 Å². The molecule has 2 aliphatic rings. The Morgan fingerprint density at radius 3 is 2.42 bits per heavy atom. The van der Waals surface area contributed by atoms with E-state index in [-0.39, 0.29) is 0 Å². The number of piperazine rings is 1. The van der Waals surface area contributed by atoms with E-state index in [9.17, 15) is 0 Å². The molecule has 142 valence electrons. The van der Waals surface area contributed by atoms with E-state index in [1.165, 1.54) is 54.8 Å². The van der Waals surface area contributed by atoms with Crippen LogP contribution < -0.4 is 4.90 Å². The topological polar surface area (TPSA) is 35.5 Å². The van der Waals surface area contributed by atoms with E-state index in [1.807, 2.05) is 0 Å². The van der Waals surface area contributed by atoms with Gasteiger partial charge in [0.05, 0.1) is 5.39 Å². The molecule has 0 saturated carbocycles. The molecule has 2 aromatic heterocycles. The molecule has 0 radical (unpaired) electrons. The summed E-state index contributed by atoms with van der Waals surface area (Å²) in [6.07, 6.45) is 4.27. The lowest BCUT2D eigenvalue weighted by atomic mass is 9.89. The number of fused-ring (bicyclic) bond motifs is 1. The molecule has 4 rings (SSSR count). The molecule has 0 aliphatic carbocycles. The first kappa shape index (κ1) is 18.1. The standard InChI is InChI=1S/C20H31N5S/c1-14-16(3)26-20-18(14)19(21-13-22-20)25-7-5-17(6-8-25)15(2)24-11-9-23(4)10-12-24/h13,15,17H,5-12H2,1-4H3/t15-/m0/s1. The molecule has 2 aliphatic heterocycles. The zero-order chi connectivity index (χ0) is 18.3. The number of aromatic nitrogens is 2. The van der Waals surface area contributed by atoms with Crippen LogP contribution in [0, 0.1) is 19.8 Å². The molecule has 0 N–H and O–H groups in total. The summed E-state index contributed by atoms with van der Waals surface area (Å²) in [6.45, 7) is 13.9. The maximum Gasteiger partial charge on any atom is 0.141 e. The summed E-state index contributed by atoms with van der Waals surface area (Å²) in [7, 11) is 2.23. The fraction of sp³-hybridized carbons (Fsp3) is 0.700. The molecule has 4 heterocycles. The van der Waals surface area contributed by atoms with E-state index >= 15 is 0 Å². The number of thiophene rings is 1. The fourth-order valence-electron chi connectivity index (χ4n) is 4.52. The number of piperidine rings is 1. The van der Waals surface area contributed by atoms with Gasteiger partial charge in [-0.1, -0.05) is 0 Å². The fourth-order valence-corrected chi connectivity index (χ4v) is 5.52. The van der Waals surface area contributed by atoms with Gasteiger partial charge in [-0.2, -0.15) is 0 Å². The first-order valence-corrected chi connectivity index (χ1v) is 10.7. The van der Waals surface area contributed by atoms with Crippen LogP contribution in [0.4, 0.5) is 5.82 Å². The van der Waals surface area contributed by atoms with Gasteiger partial charge in [0.2, 0.25) is 0 Å². The minimum Gasteiger partial charge on any atom is -0.356 e. The Morgan fingerprint density at radius 2 is 1.73 bits per heavy atom. The number of likely N-dealkylation sites (N-methyl/N-ethyl adjacent to an activating group) is 1. The molecule has 2 saturated heterocycles. The minimum absolute atomic E-state index is 0.696. The lowest BCUT2D eigenvalue weighted by molar-refractivity contribution is 0.0813. The first-order valence-electron chi connectivity index (χ1n) is 9.93. The lowest BCUT2D eigenvalue weighted by Crippen LogP contribution is -2.51. The molecule has 1 atom stereocenters. The van der Waals surface area contributed by atoms with Crippen molar-refractivity contribution in [3.63, 3.8) is 0 Å². The van der Waals surface area contributed by atoms with Gasteiger partial charge in [0, 0.05) is 50.2 Å². The lowest BCUT2D eigenvalue weighted by Gasteiger charge is -2.43. The smallest absolute Gasteiger partial charge is 0.141 e. The Kier molecular flexibility index (Phi) is 5.17. The molecular weight excluding hydrogens is 342 g/mol. The predicted molar refractivity (Wildman–Crippen MR) is 110 cm³/mol. The number of rotatable bonds is 3. The molecule has 5 nitrogen and oxygen atoms in total. The van der Waals surface area contributed by atoms with E-state index in [4.69, 9.17) is 0 Å². The van der Waals surface area contributed by atoms with Crippen molar-refractivity contribution in [1.82, 2.24) is 19.8 Å². The summed E-state index contributed by atoms with van der Waals surface area (Å²) in [5.41, 5.74) is 1.36. The van der Waals surface area contributed by atoms with E-state index in [1.54, 1.807) is 17.7 Å². The van der Waals surface area contributed by atoms with E-state index < -0.39 is 0 Å². The van der Waals surface area contributed by atoms with Gasteiger partial charge in [0.15, 0.2) is 0 Å². The van der Waals surface area contributed by atoms with Gasteiger partial charge in [-0.15, -0.1) is 11.3 Å². The first-order chi connectivity index (χ1) is 12.5. The Morgan fingerprint density at radius 1 is 1.04 bits per heavy atom. The highest BCUT2D eigenvalue weighted by Gasteiger charge is 2.30. The van der Waals surface area contributed by atoms with E-state index in [0.717, 1.165) is 29.7 Å². The monoisotopic (exact) mass is 373 g/mol. The van der Waals surface area contributed by atoms with Gasteiger partial charge in [0.25, 0.3) is 0 Å². The zero-order valence-corrected chi connectivity index (χ0v) is 17.3. The average Bonchev–Trinajstić information content (AvgIpc) is 2.96. The van der Waals surface area contributed by atoms with Crippen molar-refractivity contribution in [2.75, 3.05) is 51.2 Å². The van der Waals surface area contributed by atoms with Crippen molar-refractivity contribution in [2.24, 2.45) is 5.92 Å². The summed E-state index contributed by atoms with van der Waals surface area (Å²) in [6, 6.07) is 0.696. The molecule has 26 heavy (non-hydrogen) atoms. The van der Waals surface area contributed by atoms with Crippen LogP contribution in [0.1, 0.15) is 30.2 Å². The molecule has 6 heteroatoms. The van der Waals surface area contributed by atoms with Gasteiger partial charge >= 0.3 is 0 Å². The quantitative estimate of drug-likeness (QED) is 0.826. The van der Waals surface area contributed by atoms with Gasteiger partial charge in [-0.25, -0.2) is 9.97 Å². The Bertz CT molecular complexity index is 757. The third-order valence-electron chi connectivity index (χ3n) is 6.58. The minimum atomic E-state index is 0.696. The molecule has 0 aromatic carbocycles. The number of hydrogen-bond donors (Lipinski definition) is 0. The SMILES string of the molecule is Cc1sc2ncnc(N3CCC([C@H](C)N4CCN(C)CC4)CC3)c2c1C. The summed E-state index contributed by atoms with van der Waals surface area (Å²) in [4.78, 5) is 19.3. The average molecular weight is 374 g/mol. The summed E-state index contributed by atoms with van der Waals surface area (Å²) in [5.74, 6) is 1.96. The maximum absolute atomic E-state index is 4.68. The second-order valence-electron chi connectivity index (χ2n) is 8.07. The van der Waals surface area contributed by atoms with Crippen LogP contribution in [-0.4, -0.2) is 72.1 Å². The highest BCUT2D eigenvalue weighted by Crippen LogP contribution is 2.36. The van der Waals surface area contributed by atoms with Crippen molar-refractivity contribution in [1.29, 1.82) is 0 Å². The highest BCUT2D eigenvalue weighted by atomic mass is 32.1. The Labute approximate surface area is 161 Å². The van der Waals surface area contributed by atoms with Crippen molar-refractivity contribution >= 4 is 27.4 Å². The van der Waals surface area contributed by atoms with Gasteiger partial charge < -0.3 is 9.80 Å². The maximum atomic E-state index is 4.68. The number of anilines is 1. The molecule has 0 unspecified atom stereocenters. The van der Waals surface area contributed by atoms with Crippen LogP contribution in [0.5, 0.6) is 0 Å². The molecule has 2 aromatic rings. The van der Waals surface area contributed by atoms with Crippen LogP contribution in [0.25, 0.3) is 10.2 Å². The van der Waals surface area contributed by atoms with E-state index in [2.05, 4.69) is 52.5 Å². The van der Waals surface area contributed by atoms with Crippen LogP contribution in [0.2, 0.25) is 0 Å². The zero-order valence-electron chi connectivity index (χ0n) is 16.5.